The van der Waals surface area contributed by atoms with Crippen LogP contribution in [0.4, 0.5) is 0 Å². The van der Waals surface area contributed by atoms with Crippen LogP contribution in [0.5, 0.6) is 0 Å². The van der Waals surface area contributed by atoms with E-state index in [-0.39, 0.29) is 5.41 Å². The third-order valence-corrected chi connectivity index (χ3v) is 5.76. The van der Waals surface area contributed by atoms with Gasteiger partial charge in [-0.1, -0.05) is 0 Å². The molecule has 0 N–H and O–H groups in total. The van der Waals surface area contributed by atoms with Crippen molar-refractivity contribution in [1.29, 1.82) is 5.26 Å². The minimum absolute atomic E-state index is 0.203. The zero-order valence-electron chi connectivity index (χ0n) is 10.7. The molecule has 0 spiro atoms. The monoisotopic (exact) mass is 262 g/mol. The van der Waals surface area contributed by atoms with Gasteiger partial charge in [0.2, 0.25) is 0 Å². The number of ether oxygens (including phenoxy) is 1. The van der Waals surface area contributed by atoms with Crippen LogP contribution in [0.25, 0.3) is 0 Å². The van der Waals surface area contributed by atoms with Crippen LogP contribution < -0.4 is 0 Å². The molecule has 3 nitrogen and oxygen atoms in total. The minimum Gasteiger partial charge on any atom is -0.381 e. The zero-order valence-corrected chi connectivity index (χ0v) is 11.6. The highest BCUT2D eigenvalue weighted by Crippen LogP contribution is 2.48. The molecule has 1 aliphatic heterocycles. The summed E-state index contributed by atoms with van der Waals surface area (Å²) in [6.07, 6.45) is 5.36. The Labute approximate surface area is 112 Å². The van der Waals surface area contributed by atoms with Crippen molar-refractivity contribution in [3.8, 4) is 6.07 Å². The lowest BCUT2D eigenvalue weighted by Crippen LogP contribution is -2.32. The van der Waals surface area contributed by atoms with Crippen molar-refractivity contribution in [3.63, 3.8) is 0 Å². The lowest BCUT2D eigenvalue weighted by Gasteiger charge is -2.34. The molecule has 0 aromatic carbocycles. The first-order valence-electron chi connectivity index (χ1n) is 6.72. The normalized spacial score (nSPS) is 23.3. The molecule has 18 heavy (non-hydrogen) atoms. The predicted octanol–water partition coefficient (Wildman–Crippen LogP) is 3.29. The summed E-state index contributed by atoms with van der Waals surface area (Å²) in [5, 5.41) is 10.7. The second-order valence-electron chi connectivity index (χ2n) is 5.40. The SMILES string of the molecule is Cc1nc(C2CCOCC2)sc1C1(C#N)CCC1. The fourth-order valence-electron chi connectivity index (χ4n) is 2.90. The van der Waals surface area contributed by atoms with Gasteiger partial charge in [0.05, 0.1) is 22.2 Å². The second-order valence-corrected chi connectivity index (χ2v) is 6.43. The van der Waals surface area contributed by atoms with Gasteiger partial charge >= 0.3 is 0 Å². The summed E-state index contributed by atoms with van der Waals surface area (Å²) in [6, 6.07) is 2.53. The Kier molecular flexibility index (Phi) is 3.13. The largest absolute Gasteiger partial charge is 0.381 e. The molecule has 0 atom stereocenters. The Hall–Kier alpha value is -0.920. The summed E-state index contributed by atoms with van der Waals surface area (Å²) < 4.78 is 5.40. The molecule has 0 unspecified atom stereocenters. The quantitative estimate of drug-likeness (QED) is 0.821. The Morgan fingerprint density at radius 3 is 2.67 bits per heavy atom. The van der Waals surface area contributed by atoms with Crippen molar-refractivity contribution in [1.82, 2.24) is 4.98 Å². The molecule has 1 aromatic rings. The highest BCUT2D eigenvalue weighted by molar-refractivity contribution is 7.12. The van der Waals surface area contributed by atoms with Crippen LogP contribution >= 0.6 is 11.3 Å². The average Bonchev–Trinajstić information content (AvgIpc) is 2.73. The molecule has 96 valence electrons. The lowest BCUT2D eigenvalue weighted by molar-refractivity contribution is 0.0852. The van der Waals surface area contributed by atoms with Crippen molar-refractivity contribution >= 4 is 11.3 Å². The maximum Gasteiger partial charge on any atom is 0.0964 e. The molecule has 4 heteroatoms. The first kappa shape index (κ1) is 12.1. The van der Waals surface area contributed by atoms with Gasteiger partial charge in [-0.2, -0.15) is 5.26 Å². The van der Waals surface area contributed by atoms with Gasteiger partial charge in [-0.25, -0.2) is 4.98 Å². The molecule has 0 radical (unpaired) electrons. The van der Waals surface area contributed by atoms with E-state index in [1.165, 1.54) is 16.3 Å². The topological polar surface area (TPSA) is 45.9 Å². The smallest absolute Gasteiger partial charge is 0.0964 e. The molecule has 0 bridgehead atoms. The van der Waals surface area contributed by atoms with E-state index < -0.39 is 0 Å². The Morgan fingerprint density at radius 1 is 1.39 bits per heavy atom. The van der Waals surface area contributed by atoms with Crippen molar-refractivity contribution in [2.24, 2.45) is 0 Å². The summed E-state index contributed by atoms with van der Waals surface area (Å²) in [5.74, 6) is 0.548. The van der Waals surface area contributed by atoms with Gasteiger partial charge in [0, 0.05) is 24.0 Å². The number of thiazole rings is 1. The van der Waals surface area contributed by atoms with Gasteiger partial charge < -0.3 is 4.74 Å². The van der Waals surface area contributed by atoms with Crippen molar-refractivity contribution < 1.29 is 4.74 Å². The fraction of sp³-hybridized carbons (Fsp3) is 0.714. The molecule has 2 aliphatic rings. The van der Waals surface area contributed by atoms with Crippen molar-refractivity contribution in [3.05, 3.63) is 15.6 Å². The molecule has 2 fully saturated rings. The first-order chi connectivity index (χ1) is 8.75. The van der Waals surface area contributed by atoms with E-state index >= 15 is 0 Å². The summed E-state index contributed by atoms with van der Waals surface area (Å²) >= 11 is 1.78. The van der Waals surface area contributed by atoms with Crippen LogP contribution in [0.2, 0.25) is 0 Å². The Balaban J connectivity index is 1.88. The third-order valence-electron chi connectivity index (χ3n) is 4.24. The van der Waals surface area contributed by atoms with Gasteiger partial charge in [0.1, 0.15) is 0 Å². The van der Waals surface area contributed by atoms with E-state index in [2.05, 4.69) is 13.0 Å². The molecule has 1 saturated heterocycles. The van der Waals surface area contributed by atoms with Gasteiger partial charge in [-0.15, -0.1) is 11.3 Å². The molecule has 1 aromatic heterocycles. The lowest BCUT2D eigenvalue weighted by atomic mass is 9.68. The van der Waals surface area contributed by atoms with Crippen LogP contribution in [0.1, 0.15) is 53.6 Å². The molecule has 0 amide bonds. The highest BCUT2D eigenvalue weighted by atomic mass is 32.1. The predicted molar refractivity (Wildman–Crippen MR) is 70.8 cm³/mol. The van der Waals surface area contributed by atoms with Gasteiger partial charge in [0.25, 0.3) is 0 Å². The fourth-order valence-corrected chi connectivity index (χ4v) is 4.33. The van der Waals surface area contributed by atoms with Crippen molar-refractivity contribution in [2.75, 3.05) is 13.2 Å². The van der Waals surface area contributed by atoms with Gasteiger partial charge in [0.15, 0.2) is 0 Å². The van der Waals surface area contributed by atoms with Gasteiger partial charge in [-0.05, 0) is 39.0 Å². The minimum atomic E-state index is -0.203. The number of nitrogens with zero attached hydrogens (tertiary/aromatic N) is 2. The molecule has 1 saturated carbocycles. The van der Waals surface area contributed by atoms with Crippen molar-refractivity contribution in [2.45, 2.75) is 50.4 Å². The van der Waals surface area contributed by atoms with E-state index in [1.54, 1.807) is 11.3 Å². The third kappa shape index (κ3) is 1.86. The van der Waals surface area contributed by atoms with Crippen LogP contribution in [-0.4, -0.2) is 18.2 Å². The van der Waals surface area contributed by atoms with E-state index in [4.69, 9.17) is 9.72 Å². The average molecular weight is 262 g/mol. The molecular formula is C14H18N2OS. The molecule has 2 heterocycles. The number of aryl methyl sites for hydroxylation is 1. The number of rotatable bonds is 2. The highest BCUT2D eigenvalue weighted by Gasteiger charge is 2.42. The second kappa shape index (κ2) is 4.64. The molecular weight excluding hydrogens is 244 g/mol. The summed E-state index contributed by atoms with van der Waals surface area (Å²) in [5.41, 5.74) is 0.883. The van der Waals surface area contributed by atoms with Crippen LogP contribution in [0.15, 0.2) is 0 Å². The van der Waals surface area contributed by atoms with E-state index in [0.717, 1.165) is 44.6 Å². The molecule has 1 aliphatic carbocycles. The zero-order chi connectivity index (χ0) is 12.6. The summed E-state index contributed by atoms with van der Waals surface area (Å²) in [7, 11) is 0. The standard InChI is InChI=1S/C14H18N2OS/c1-10-12(14(9-15)5-2-6-14)18-13(16-10)11-3-7-17-8-4-11/h11H,2-8H2,1H3. The van der Waals surface area contributed by atoms with Crippen LogP contribution in [-0.2, 0) is 10.2 Å². The van der Waals surface area contributed by atoms with E-state index in [1.807, 2.05) is 0 Å². The van der Waals surface area contributed by atoms with Crippen LogP contribution in [0.3, 0.4) is 0 Å². The number of nitriles is 1. The molecule has 3 rings (SSSR count). The summed E-state index contributed by atoms with van der Waals surface area (Å²) in [4.78, 5) is 5.98. The number of hydrogen-bond acceptors (Lipinski definition) is 4. The maximum atomic E-state index is 9.44. The Morgan fingerprint density at radius 2 is 2.11 bits per heavy atom. The van der Waals surface area contributed by atoms with E-state index in [9.17, 15) is 5.26 Å². The number of hydrogen-bond donors (Lipinski definition) is 0. The Bertz CT molecular complexity index is 478. The van der Waals surface area contributed by atoms with Crippen LogP contribution in [0, 0.1) is 18.3 Å². The first-order valence-corrected chi connectivity index (χ1v) is 7.54. The van der Waals surface area contributed by atoms with Gasteiger partial charge in [-0.3, -0.25) is 0 Å². The summed E-state index contributed by atoms with van der Waals surface area (Å²) in [6.45, 7) is 3.76. The van der Waals surface area contributed by atoms with E-state index in [0.29, 0.717) is 5.92 Å². The maximum absolute atomic E-state index is 9.44. The number of aromatic nitrogens is 1.